The van der Waals surface area contributed by atoms with Crippen LogP contribution in [0.4, 0.5) is 8.78 Å². The molecule has 0 N–H and O–H groups in total. The zero-order valence-corrected chi connectivity index (χ0v) is 21.7. The summed E-state index contributed by atoms with van der Waals surface area (Å²) in [6.45, 7) is 4.41. The van der Waals surface area contributed by atoms with Gasteiger partial charge in [-0.1, -0.05) is 83.8 Å². The van der Waals surface area contributed by atoms with Crippen LogP contribution in [-0.4, -0.2) is 0 Å². The van der Waals surface area contributed by atoms with Gasteiger partial charge in [0.1, 0.15) is 0 Å². The normalized spacial score (nSPS) is 25.6. The van der Waals surface area contributed by atoms with E-state index in [1.54, 1.807) is 0 Å². The predicted octanol–water partition coefficient (Wildman–Crippen LogP) is 10.2. The van der Waals surface area contributed by atoms with Gasteiger partial charge in [-0.05, 0) is 97.3 Å². The zero-order valence-electron chi connectivity index (χ0n) is 21.7. The first-order chi connectivity index (χ1) is 16.6. The van der Waals surface area contributed by atoms with E-state index in [9.17, 15) is 8.78 Å². The summed E-state index contributed by atoms with van der Waals surface area (Å²) in [5.41, 5.74) is 1.65. The summed E-state index contributed by atoms with van der Waals surface area (Å²) < 4.78 is 29.7. The highest BCUT2D eigenvalue weighted by Crippen LogP contribution is 2.43. The van der Waals surface area contributed by atoms with Crippen molar-refractivity contribution >= 4 is 10.8 Å². The van der Waals surface area contributed by atoms with Crippen LogP contribution in [0, 0.1) is 35.3 Å². The van der Waals surface area contributed by atoms with E-state index in [-0.39, 0.29) is 0 Å². The molecule has 0 aliphatic heterocycles. The second-order valence-corrected chi connectivity index (χ2v) is 11.6. The quantitative estimate of drug-likeness (QED) is 0.304. The van der Waals surface area contributed by atoms with Gasteiger partial charge in [-0.2, -0.15) is 0 Å². The van der Waals surface area contributed by atoms with Crippen molar-refractivity contribution < 1.29 is 8.78 Å². The largest absolute Gasteiger partial charge is 0.203 e. The molecule has 2 saturated carbocycles. The van der Waals surface area contributed by atoms with Gasteiger partial charge in [0, 0.05) is 5.39 Å². The molecule has 0 spiro atoms. The molecule has 2 aromatic carbocycles. The lowest BCUT2D eigenvalue weighted by molar-refractivity contribution is 0.140. The van der Waals surface area contributed by atoms with Gasteiger partial charge in [0.25, 0.3) is 0 Å². The van der Waals surface area contributed by atoms with Gasteiger partial charge >= 0.3 is 0 Å². The van der Waals surface area contributed by atoms with Gasteiger partial charge in [-0.15, -0.1) is 0 Å². The second-order valence-electron chi connectivity index (χ2n) is 11.6. The molecule has 0 amide bonds. The molecule has 0 radical (unpaired) electrons. The van der Waals surface area contributed by atoms with Crippen molar-refractivity contribution in [3.8, 4) is 0 Å². The van der Waals surface area contributed by atoms with Crippen molar-refractivity contribution in [2.24, 2.45) is 23.7 Å². The molecule has 0 saturated heterocycles. The lowest BCUT2D eigenvalue weighted by Gasteiger charge is -2.38. The minimum atomic E-state index is -0.653. The maximum absolute atomic E-state index is 14.9. The first kappa shape index (κ1) is 25.6. The summed E-state index contributed by atoms with van der Waals surface area (Å²) in [7, 11) is 0. The highest BCUT2D eigenvalue weighted by Gasteiger charge is 2.30. The van der Waals surface area contributed by atoms with E-state index in [4.69, 9.17) is 0 Å². The average Bonchev–Trinajstić information content (AvgIpc) is 2.87. The predicted molar refractivity (Wildman–Crippen MR) is 141 cm³/mol. The van der Waals surface area contributed by atoms with Gasteiger partial charge in [0.05, 0.1) is 0 Å². The van der Waals surface area contributed by atoms with Gasteiger partial charge < -0.3 is 0 Å². The van der Waals surface area contributed by atoms with Crippen LogP contribution in [-0.2, 0) is 12.8 Å². The third-order valence-electron chi connectivity index (χ3n) is 9.18. The Balaban J connectivity index is 1.25. The van der Waals surface area contributed by atoms with Gasteiger partial charge in [0.2, 0.25) is 0 Å². The van der Waals surface area contributed by atoms with Crippen LogP contribution >= 0.6 is 0 Å². The van der Waals surface area contributed by atoms with E-state index in [1.807, 2.05) is 18.2 Å². The highest BCUT2D eigenvalue weighted by molar-refractivity contribution is 5.84. The van der Waals surface area contributed by atoms with Crippen LogP contribution in [0.2, 0.25) is 0 Å². The van der Waals surface area contributed by atoms with Crippen molar-refractivity contribution in [3.63, 3.8) is 0 Å². The van der Waals surface area contributed by atoms with Crippen LogP contribution in [0.15, 0.2) is 24.3 Å². The molecule has 0 nitrogen and oxygen atoms in total. The van der Waals surface area contributed by atoms with Gasteiger partial charge in [0.15, 0.2) is 11.6 Å². The topological polar surface area (TPSA) is 0 Å². The third-order valence-corrected chi connectivity index (χ3v) is 9.18. The standard InChI is InChI=1S/C32H46F2/c1-3-5-6-8-23-9-15-26(16-10-23)27-17-11-24(12-18-27)13-20-29-22-28-19-14-25(7-4-2)21-30(28)32(34)31(29)33/h14,19,21-24,26-27H,3-13,15-18,20H2,1-2H3. The molecule has 2 heteroatoms. The summed E-state index contributed by atoms with van der Waals surface area (Å²) in [5.74, 6) is 2.26. The van der Waals surface area contributed by atoms with Crippen LogP contribution in [0.5, 0.6) is 0 Å². The first-order valence-electron chi connectivity index (χ1n) is 14.5. The number of hydrogen-bond acceptors (Lipinski definition) is 0. The van der Waals surface area contributed by atoms with Crippen molar-refractivity contribution in [2.45, 2.75) is 117 Å². The van der Waals surface area contributed by atoms with Crippen molar-refractivity contribution in [1.29, 1.82) is 0 Å². The minimum absolute atomic E-state index is 0.438. The zero-order chi connectivity index (χ0) is 23.9. The molecule has 2 aliphatic carbocycles. The van der Waals surface area contributed by atoms with Crippen LogP contribution in [0.3, 0.4) is 0 Å². The molecule has 34 heavy (non-hydrogen) atoms. The van der Waals surface area contributed by atoms with E-state index < -0.39 is 11.6 Å². The summed E-state index contributed by atoms with van der Waals surface area (Å²) in [6, 6.07) is 7.76. The first-order valence-corrected chi connectivity index (χ1v) is 14.5. The smallest absolute Gasteiger partial charge is 0.166 e. The molecule has 0 aromatic heterocycles. The molecule has 4 rings (SSSR count). The van der Waals surface area contributed by atoms with E-state index in [0.717, 1.165) is 48.0 Å². The fraction of sp³-hybridized carbons (Fsp3) is 0.688. The number of aryl methyl sites for hydroxylation is 2. The molecule has 0 unspecified atom stereocenters. The van der Waals surface area contributed by atoms with E-state index in [1.165, 1.54) is 77.0 Å². The SMILES string of the molecule is CCCCCC1CCC(C2CCC(CCc3cc4ccc(CCC)cc4c(F)c3F)CC2)CC1. The van der Waals surface area contributed by atoms with Crippen molar-refractivity contribution in [3.05, 3.63) is 47.0 Å². The van der Waals surface area contributed by atoms with Crippen LogP contribution in [0.1, 0.15) is 115 Å². The van der Waals surface area contributed by atoms with Crippen LogP contribution < -0.4 is 0 Å². The molecule has 188 valence electrons. The van der Waals surface area contributed by atoms with Gasteiger partial charge in [-0.3, -0.25) is 0 Å². The monoisotopic (exact) mass is 468 g/mol. The summed E-state index contributed by atoms with van der Waals surface area (Å²) in [6.07, 6.45) is 20.3. The lowest BCUT2D eigenvalue weighted by Crippen LogP contribution is -2.26. The summed E-state index contributed by atoms with van der Waals surface area (Å²) in [5, 5.41) is 1.27. The molecule has 2 fully saturated rings. The fourth-order valence-electron chi connectivity index (χ4n) is 7.00. The van der Waals surface area contributed by atoms with Gasteiger partial charge in [-0.25, -0.2) is 8.78 Å². The number of halogens is 2. The Morgan fingerprint density at radius 3 is 1.94 bits per heavy atom. The van der Waals surface area contributed by atoms with E-state index in [2.05, 4.69) is 19.9 Å². The number of unbranched alkanes of at least 4 members (excludes halogenated alkanes) is 2. The Morgan fingerprint density at radius 1 is 0.676 bits per heavy atom. The molecule has 0 heterocycles. The molecule has 0 atom stereocenters. The van der Waals surface area contributed by atoms with Crippen molar-refractivity contribution in [1.82, 2.24) is 0 Å². The lowest BCUT2D eigenvalue weighted by atomic mass is 9.68. The fourth-order valence-corrected chi connectivity index (χ4v) is 7.00. The number of benzene rings is 2. The Bertz CT molecular complexity index is 901. The van der Waals surface area contributed by atoms with Crippen LogP contribution in [0.25, 0.3) is 10.8 Å². The van der Waals surface area contributed by atoms with E-state index in [0.29, 0.717) is 23.3 Å². The molecular weight excluding hydrogens is 422 g/mol. The Labute approximate surface area is 206 Å². The number of hydrogen-bond donors (Lipinski definition) is 0. The molecule has 0 bridgehead atoms. The Hall–Kier alpha value is -1.44. The van der Waals surface area contributed by atoms with E-state index >= 15 is 0 Å². The number of fused-ring (bicyclic) bond motifs is 1. The third kappa shape index (κ3) is 6.41. The maximum atomic E-state index is 14.9. The summed E-state index contributed by atoms with van der Waals surface area (Å²) in [4.78, 5) is 0. The molecule has 2 aromatic rings. The highest BCUT2D eigenvalue weighted by atomic mass is 19.2. The average molecular weight is 469 g/mol. The Morgan fingerprint density at radius 2 is 1.32 bits per heavy atom. The Kier molecular flexibility index (Phi) is 9.43. The minimum Gasteiger partial charge on any atom is -0.203 e. The number of rotatable bonds is 10. The molecule has 2 aliphatic rings. The molecular formula is C32H46F2. The summed E-state index contributed by atoms with van der Waals surface area (Å²) >= 11 is 0. The maximum Gasteiger partial charge on any atom is 0.166 e. The van der Waals surface area contributed by atoms with Crippen molar-refractivity contribution in [2.75, 3.05) is 0 Å². The second kappa shape index (κ2) is 12.5.